The second-order valence-electron chi connectivity index (χ2n) is 6.94. The lowest BCUT2D eigenvalue weighted by Gasteiger charge is -2.35. The van der Waals surface area contributed by atoms with Crippen LogP contribution in [0.2, 0.25) is 5.02 Å². The van der Waals surface area contributed by atoms with E-state index in [1.165, 1.54) is 19.2 Å². The number of carbonyl (C=O) groups is 3. The number of amides is 4. The third-order valence-corrected chi connectivity index (χ3v) is 4.02. The zero-order valence-corrected chi connectivity index (χ0v) is 16.8. The van der Waals surface area contributed by atoms with Gasteiger partial charge in [-0.15, -0.1) is 0 Å². The molecule has 0 atom stereocenters. The molecule has 0 spiro atoms. The number of urea groups is 1. The number of nitrogens with one attached hydrogen (secondary N) is 2. The van der Waals surface area contributed by atoms with Gasteiger partial charge >= 0.3 is 6.03 Å². The minimum atomic E-state index is -0.785. The summed E-state index contributed by atoms with van der Waals surface area (Å²) in [6, 6.07) is 11.8. The average Bonchev–Trinajstić information content (AvgIpc) is 2.65. The van der Waals surface area contributed by atoms with Crippen molar-refractivity contribution in [3.05, 3.63) is 64.7 Å². The Balaban J connectivity index is 2.13. The molecule has 0 saturated carbocycles. The first kappa shape index (κ1) is 21.2. The van der Waals surface area contributed by atoms with Crippen LogP contribution in [0.3, 0.4) is 0 Å². The molecule has 0 saturated heterocycles. The lowest BCUT2D eigenvalue weighted by Crippen LogP contribution is -2.59. The maximum atomic E-state index is 12.6. The van der Waals surface area contributed by atoms with Crippen molar-refractivity contribution in [2.24, 2.45) is 0 Å². The summed E-state index contributed by atoms with van der Waals surface area (Å²) in [5.41, 5.74) is 2.37. The Morgan fingerprint density at radius 3 is 1.89 bits per heavy atom. The quantitative estimate of drug-likeness (QED) is 0.766. The molecule has 2 aromatic carbocycles. The minimum Gasteiger partial charge on any atom is -0.497 e. The normalized spacial score (nSPS) is 10.8. The molecule has 4 amide bonds. The van der Waals surface area contributed by atoms with Crippen LogP contribution in [-0.4, -0.2) is 35.5 Å². The van der Waals surface area contributed by atoms with Crippen LogP contribution in [0.1, 0.15) is 41.5 Å². The highest BCUT2D eigenvalue weighted by Gasteiger charge is 2.30. The van der Waals surface area contributed by atoms with E-state index >= 15 is 0 Å². The van der Waals surface area contributed by atoms with Gasteiger partial charge in [-0.3, -0.25) is 20.3 Å². The first-order chi connectivity index (χ1) is 13.1. The number of hydrogen-bond acceptors (Lipinski definition) is 4. The molecule has 0 aliphatic carbocycles. The molecule has 0 aliphatic rings. The zero-order valence-electron chi connectivity index (χ0n) is 16.1. The first-order valence-electron chi connectivity index (χ1n) is 8.48. The van der Waals surface area contributed by atoms with E-state index in [-0.39, 0.29) is 5.56 Å². The van der Waals surface area contributed by atoms with E-state index in [4.69, 9.17) is 16.3 Å². The number of imide groups is 1. The topological polar surface area (TPSA) is 87.7 Å². The van der Waals surface area contributed by atoms with E-state index in [1.54, 1.807) is 57.2 Å². The van der Waals surface area contributed by atoms with Gasteiger partial charge < -0.3 is 4.74 Å². The van der Waals surface area contributed by atoms with Crippen molar-refractivity contribution in [2.75, 3.05) is 7.11 Å². The predicted octanol–water partition coefficient (Wildman–Crippen LogP) is 3.64. The van der Waals surface area contributed by atoms with E-state index < -0.39 is 23.4 Å². The van der Waals surface area contributed by atoms with Gasteiger partial charge in [-0.2, -0.15) is 0 Å². The highest BCUT2D eigenvalue weighted by Crippen LogP contribution is 2.15. The molecule has 0 heterocycles. The summed E-state index contributed by atoms with van der Waals surface area (Å²) in [5, 5.41) is 3.82. The molecule has 2 rings (SSSR count). The van der Waals surface area contributed by atoms with Crippen molar-refractivity contribution in [3.63, 3.8) is 0 Å². The molecule has 0 unspecified atom stereocenters. The van der Waals surface area contributed by atoms with E-state index in [0.29, 0.717) is 16.3 Å². The van der Waals surface area contributed by atoms with Gasteiger partial charge in [0.1, 0.15) is 5.75 Å². The van der Waals surface area contributed by atoms with Gasteiger partial charge in [0, 0.05) is 16.1 Å². The van der Waals surface area contributed by atoms with Crippen molar-refractivity contribution in [1.82, 2.24) is 15.8 Å². The number of nitrogens with zero attached hydrogens (tertiary/aromatic N) is 1. The highest BCUT2D eigenvalue weighted by atomic mass is 35.5. The summed E-state index contributed by atoms with van der Waals surface area (Å²) in [5.74, 6) is -0.489. The maximum Gasteiger partial charge on any atom is 0.343 e. The summed E-state index contributed by atoms with van der Waals surface area (Å²) in [6.45, 7) is 5.19. The lowest BCUT2D eigenvalue weighted by molar-refractivity contribution is 0.0640. The first-order valence-corrected chi connectivity index (χ1v) is 8.86. The smallest absolute Gasteiger partial charge is 0.343 e. The molecule has 0 bridgehead atoms. The predicted molar refractivity (Wildman–Crippen MR) is 106 cm³/mol. The van der Waals surface area contributed by atoms with E-state index in [0.717, 1.165) is 5.01 Å². The lowest BCUT2D eigenvalue weighted by atomic mass is 10.1. The average molecular weight is 404 g/mol. The zero-order chi connectivity index (χ0) is 20.9. The van der Waals surface area contributed by atoms with Crippen molar-refractivity contribution >= 4 is 29.4 Å². The van der Waals surface area contributed by atoms with Crippen LogP contribution >= 0.6 is 11.6 Å². The van der Waals surface area contributed by atoms with E-state index in [9.17, 15) is 14.4 Å². The Bertz CT molecular complexity index is 859. The minimum absolute atomic E-state index is 0.271. The number of ether oxygens (including phenoxy) is 1. The molecule has 0 radical (unpaired) electrons. The fourth-order valence-corrected chi connectivity index (χ4v) is 2.38. The fourth-order valence-electron chi connectivity index (χ4n) is 2.26. The number of methoxy groups -OCH3 is 1. The highest BCUT2D eigenvalue weighted by molar-refractivity contribution is 6.30. The standard InChI is InChI=1S/C20H22ClN3O4/c1-20(2,3)24(23-18(26)14-7-11-16(28-4)12-8-14)19(27)22-17(25)13-5-9-15(21)10-6-13/h5-12H,1-4H3,(H,23,26)(H,22,25,27). The Morgan fingerprint density at radius 2 is 1.39 bits per heavy atom. The summed E-state index contributed by atoms with van der Waals surface area (Å²) >= 11 is 5.80. The monoisotopic (exact) mass is 403 g/mol. The number of halogens is 1. The Morgan fingerprint density at radius 1 is 0.893 bits per heavy atom. The summed E-state index contributed by atoms with van der Waals surface area (Å²) in [6.07, 6.45) is 0. The van der Waals surface area contributed by atoms with Crippen LogP contribution in [0.15, 0.2) is 48.5 Å². The van der Waals surface area contributed by atoms with E-state index in [1.807, 2.05) is 0 Å². The number of hydrogen-bond donors (Lipinski definition) is 2. The third kappa shape index (κ3) is 5.47. The van der Waals surface area contributed by atoms with Crippen LogP contribution in [0.4, 0.5) is 4.79 Å². The Kier molecular flexibility index (Phi) is 6.64. The molecule has 28 heavy (non-hydrogen) atoms. The SMILES string of the molecule is COc1ccc(C(=O)NN(C(=O)NC(=O)c2ccc(Cl)cc2)C(C)(C)C)cc1. The van der Waals surface area contributed by atoms with Crippen LogP contribution in [0.5, 0.6) is 5.75 Å². The number of benzene rings is 2. The van der Waals surface area contributed by atoms with Crippen LogP contribution in [0, 0.1) is 0 Å². The Labute approximate surface area is 168 Å². The van der Waals surface area contributed by atoms with Gasteiger partial charge in [-0.05, 0) is 69.3 Å². The molecule has 8 heteroatoms. The number of carbonyl (C=O) groups excluding carboxylic acids is 3. The number of hydrazine groups is 1. The molecule has 0 aliphatic heterocycles. The van der Waals surface area contributed by atoms with Gasteiger partial charge in [0.05, 0.1) is 12.6 Å². The summed E-state index contributed by atoms with van der Waals surface area (Å²) in [7, 11) is 1.53. The van der Waals surface area contributed by atoms with Crippen molar-refractivity contribution < 1.29 is 19.1 Å². The van der Waals surface area contributed by atoms with Crippen molar-refractivity contribution in [1.29, 1.82) is 0 Å². The fraction of sp³-hybridized carbons (Fsp3) is 0.250. The van der Waals surface area contributed by atoms with Gasteiger partial charge in [-0.25, -0.2) is 9.80 Å². The van der Waals surface area contributed by atoms with Crippen molar-refractivity contribution in [2.45, 2.75) is 26.3 Å². The van der Waals surface area contributed by atoms with Crippen LogP contribution < -0.4 is 15.5 Å². The molecule has 2 N–H and O–H groups in total. The Hall–Kier alpha value is -3.06. The van der Waals surface area contributed by atoms with Crippen molar-refractivity contribution in [3.8, 4) is 5.75 Å². The maximum absolute atomic E-state index is 12.6. The van der Waals surface area contributed by atoms with Gasteiger partial charge in [-0.1, -0.05) is 11.6 Å². The van der Waals surface area contributed by atoms with Crippen LogP contribution in [-0.2, 0) is 0 Å². The van der Waals surface area contributed by atoms with Gasteiger partial charge in [0.2, 0.25) is 0 Å². The summed E-state index contributed by atoms with van der Waals surface area (Å²) in [4.78, 5) is 37.5. The summed E-state index contributed by atoms with van der Waals surface area (Å²) < 4.78 is 5.06. The van der Waals surface area contributed by atoms with E-state index in [2.05, 4.69) is 10.7 Å². The van der Waals surface area contributed by atoms with Crippen LogP contribution in [0.25, 0.3) is 0 Å². The molecular formula is C20H22ClN3O4. The van der Waals surface area contributed by atoms with Gasteiger partial charge in [0.15, 0.2) is 0 Å². The second kappa shape index (κ2) is 8.75. The third-order valence-electron chi connectivity index (χ3n) is 3.77. The number of rotatable bonds is 3. The molecule has 7 nitrogen and oxygen atoms in total. The molecule has 0 aromatic heterocycles. The molecular weight excluding hydrogens is 382 g/mol. The largest absolute Gasteiger partial charge is 0.497 e. The molecule has 2 aromatic rings. The molecule has 0 fully saturated rings. The van der Waals surface area contributed by atoms with Gasteiger partial charge in [0.25, 0.3) is 11.8 Å². The second-order valence-corrected chi connectivity index (χ2v) is 7.38. The molecule has 148 valence electrons.